The van der Waals surface area contributed by atoms with Crippen LogP contribution in [0.15, 0.2) is 18.2 Å². The maximum Gasteiger partial charge on any atom is 0.153 e. The maximum absolute atomic E-state index is 11.3. The lowest BCUT2D eigenvalue weighted by Gasteiger charge is -2.10. The van der Waals surface area contributed by atoms with Crippen molar-refractivity contribution in [3.05, 3.63) is 46.3 Å². The van der Waals surface area contributed by atoms with Crippen molar-refractivity contribution >= 4 is 6.29 Å². The molecule has 19 heavy (non-hydrogen) atoms. The third-order valence-corrected chi connectivity index (χ3v) is 3.48. The van der Waals surface area contributed by atoms with Crippen molar-refractivity contribution in [1.82, 2.24) is 9.78 Å². The third-order valence-electron chi connectivity index (χ3n) is 3.48. The molecule has 0 N–H and O–H groups in total. The van der Waals surface area contributed by atoms with Gasteiger partial charge in [0.05, 0.1) is 22.6 Å². The van der Waals surface area contributed by atoms with Gasteiger partial charge >= 0.3 is 0 Å². The molecule has 0 aliphatic rings. The summed E-state index contributed by atoms with van der Waals surface area (Å²) in [6, 6.07) is 6.31. The Balaban J connectivity index is 2.71. The van der Waals surface area contributed by atoms with Crippen LogP contribution in [0, 0.1) is 13.8 Å². The van der Waals surface area contributed by atoms with E-state index in [4.69, 9.17) is 0 Å². The van der Waals surface area contributed by atoms with E-state index in [0.717, 1.165) is 41.8 Å². The van der Waals surface area contributed by atoms with Crippen molar-refractivity contribution in [2.24, 2.45) is 0 Å². The number of aromatic nitrogens is 2. The van der Waals surface area contributed by atoms with Crippen LogP contribution in [-0.2, 0) is 12.8 Å². The topological polar surface area (TPSA) is 34.9 Å². The molecule has 1 aromatic heterocycles. The van der Waals surface area contributed by atoms with Crippen molar-refractivity contribution in [2.75, 3.05) is 0 Å². The van der Waals surface area contributed by atoms with E-state index in [1.807, 2.05) is 11.6 Å². The molecule has 0 saturated heterocycles. The molecule has 1 aromatic carbocycles. The maximum atomic E-state index is 11.3. The Morgan fingerprint density at radius 3 is 2.53 bits per heavy atom. The summed E-state index contributed by atoms with van der Waals surface area (Å²) in [6.45, 7) is 8.23. The van der Waals surface area contributed by atoms with Crippen LogP contribution in [0.5, 0.6) is 0 Å². The fourth-order valence-electron chi connectivity index (χ4n) is 2.40. The number of aryl methyl sites for hydroxylation is 3. The average Bonchev–Trinajstić information content (AvgIpc) is 2.78. The number of carbonyl (C=O) groups is 1. The van der Waals surface area contributed by atoms with Crippen LogP contribution in [0.4, 0.5) is 0 Å². The van der Waals surface area contributed by atoms with E-state index in [1.54, 1.807) is 0 Å². The quantitative estimate of drug-likeness (QED) is 0.785. The van der Waals surface area contributed by atoms with E-state index in [1.165, 1.54) is 11.1 Å². The second-order valence-electron chi connectivity index (χ2n) is 4.83. The van der Waals surface area contributed by atoms with Crippen molar-refractivity contribution in [1.29, 1.82) is 0 Å². The standard InChI is InChI=1S/C16H20N2O/c1-5-14-13(10-19)15(6-2)18(17-14)16-9-11(3)7-8-12(16)4/h7-10H,5-6H2,1-4H3. The lowest BCUT2D eigenvalue weighted by Crippen LogP contribution is -2.05. The fourth-order valence-corrected chi connectivity index (χ4v) is 2.40. The minimum absolute atomic E-state index is 0.755. The van der Waals surface area contributed by atoms with E-state index < -0.39 is 0 Å². The highest BCUT2D eigenvalue weighted by Crippen LogP contribution is 2.22. The van der Waals surface area contributed by atoms with E-state index in [2.05, 4.69) is 44.1 Å². The molecule has 0 amide bonds. The van der Waals surface area contributed by atoms with Gasteiger partial charge in [-0.1, -0.05) is 26.0 Å². The monoisotopic (exact) mass is 256 g/mol. The minimum Gasteiger partial charge on any atom is -0.298 e. The van der Waals surface area contributed by atoms with Crippen molar-refractivity contribution in [2.45, 2.75) is 40.5 Å². The summed E-state index contributed by atoms with van der Waals surface area (Å²) in [6.07, 6.45) is 2.51. The molecule has 2 rings (SSSR count). The van der Waals surface area contributed by atoms with E-state index >= 15 is 0 Å². The fraction of sp³-hybridized carbons (Fsp3) is 0.375. The molecule has 3 heteroatoms. The number of hydrogen-bond acceptors (Lipinski definition) is 2. The van der Waals surface area contributed by atoms with Crippen LogP contribution in [-0.4, -0.2) is 16.1 Å². The SMILES string of the molecule is CCc1nn(-c2cc(C)ccc2C)c(CC)c1C=O. The van der Waals surface area contributed by atoms with Crippen LogP contribution in [0.3, 0.4) is 0 Å². The molecule has 0 aliphatic carbocycles. The number of benzene rings is 1. The summed E-state index contributed by atoms with van der Waals surface area (Å²) in [5.74, 6) is 0. The molecule has 0 radical (unpaired) electrons. The van der Waals surface area contributed by atoms with Gasteiger partial charge in [0.25, 0.3) is 0 Å². The molecule has 1 heterocycles. The number of hydrogen-bond donors (Lipinski definition) is 0. The molecule has 3 nitrogen and oxygen atoms in total. The first-order valence-electron chi connectivity index (χ1n) is 6.75. The number of nitrogens with zero attached hydrogens (tertiary/aromatic N) is 2. The molecule has 0 unspecified atom stereocenters. The van der Waals surface area contributed by atoms with Gasteiger partial charge in [0.1, 0.15) is 0 Å². The van der Waals surface area contributed by atoms with Crippen LogP contribution in [0.25, 0.3) is 5.69 Å². The van der Waals surface area contributed by atoms with Crippen LogP contribution < -0.4 is 0 Å². The van der Waals surface area contributed by atoms with Gasteiger partial charge in [0.15, 0.2) is 6.29 Å². The van der Waals surface area contributed by atoms with Crippen LogP contribution >= 0.6 is 0 Å². The Kier molecular flexibility index (Phi) is 3.84. The summed E-state index contributed by atoms with van der Waals surface area (Å²) >= 11 is 0. The number of carbonyl (C=O) groups excluding carboxylic acids is 1. The first-order valence-corrected chi connectivity index (χ1v) is 6.75. The lowest BCUT2D eigenvalue weighted by atomic mass is 10.1. The highest BCUT2D eigenvalue weighted by molar-refractivity contribution is 5.79. The molecule has 0 aliphatic heterocycles. The Bertz CT molecular complexity index is 611. The molecule has 0 saturated carbocycles. The normalized spacial score (nSPS) is 10.7. The minimum atomic E-state index is 0.755. The molecule has 0 atom stereocenters. The van der Waals surface area contributed by atoms with Gasteiger partial charge in [-0.2, -0.15) is 5.10 Å². The predicted octanol–water partition coefficient (Wildman–Crippen LogP) is 3.43. The Morgan fingerprint density at radius 2 is 1.95 bits per heavy atom. The van der Waals surface area contributed by atoms with Gasteiger partial charge in [-0.3, -0.25) is 4.79 Å². The van der Waals surface area contributed by atoms with Gasteiger partial charge in [-0.25, -0.2) is 4.68 Å². The third kappa shape index (κ3) is 2.33. The van der Waals surface area contributed by atoms with E-state index in [9.17, 15) is 4.79 Å². The Morgan fingerprint density at radius 1 is 1.21 bits per heavy atom. The molecular formula is C16H20N2O. The van der Waals surface area contributed by atoms with Gasteiger partial charge in [-0.05, 0) is 43.9 Å². The lowest BCUT2D eigenvalue weighted by molar-refractivity contribution is 0.112. The van der Waals surface area contributed by atoms with Gasteiger partial charge in [0, 0.05) is 0 Å². The summed E-state index contributed by atoms with van der Waals surface area (Å²) in [7, 11) is 0. The second kappa shape index (κ2) is 5.39. The zero-order valence-electron chi connectivity index (χ0n) is 12.0. The smallest absolute Gasteiger partial charge is 0.153 e. The number of aldehydes is 1. The Labute approximate surface area is 114 Å². The number of rotatable bonds is 4. The van der Waals surface area contributed by atoms with Gasteiger partial charge in [0.2, 0.25) is 0 Å². The van der Waals surface area contributed by atoms with Gasteiger partial charge < -0.3 is 0 Å². The molecule has 0 fully saturated rings. The highest BCUT2D eigenvalue weighted by atomic mass is 16.1. The molecular weight excluding hydrogens is 236 g/mol. The predicted molar refractivity (Wildman–Crippen MR) is 77.2 cm³/mol. The second-order valence-corrected chi connectivity index (χ2v) is 4.83. The zero-order chi connectivity index (χ0) is 14.0. The van der Waals surface area contributed by atoms with Crippen LogP contribution in [0.1, 0.15) is 46.7 Å². The highest BCUT2D eigenvalue weighted by Gasteiger charge is 2.16. The Hall–Kier alpha value is -1.90. The van der Waals surface area contributed by atoms with E-state index in [-0.39, 0.29) is 0 Å². The first kappa shape index (κ1) is 13.5. The average molecular weight is 256 g/mol. The summed E-state index contributed by atoms with van der Waals surface area (Å²) < 4.78 is 1.94. The molecule has 0 bridgehead atoms. The summed E-state index contributed by atoms with van der Waals surface area (Å²) in [5.41, 5.74) is 6.07. The zero-order valence-corrected chi connectivity index (χ0v) is 12.0. The van der Waals surface area contributed by atoms with Gasteiger partial charge in [-0.15, -0.1) is 0 Å². The molecule has 2 aromatic rings. The van der Waals surface area contributed by atoms with E-state index in [0.29, 0.717) is 0 Å². The summed E-state index contributed by atoms with van der Waals surface area (Å²) in [4.78, 5) is 11.3. The summed E-state index contributed by atoms with van der Waals surface area (Å²) in [5, 5.41) is 4.63. The van der Waals surface area contributed by atoms with Crippen molar-refractivity contribution in [3.8, 4) is 5.69 Å². The first-order chi connectivity index (χ1) is 9.12. The van der Waals surface area contributed by atoms with Crippen molar-refractivity contribution < 1.29 is 4.79 Å². The van der Waals surface area contributed by atoms with Crippen molar-refractivity contribution in [3.63, 3.8) is 0 Å². The molecule has 0 spiro atoms. The van der Waals surface area contributed by atoms with Crippen LogP contribution in [0.2, 0.25) is 0 Å². The molecule has 100 valence electrons. The largest absolute Gasteiger partial charge is 0.298 e.